The third kappa shape index (κ3) is 2.83. The van der Waals surface area contributed by atoms with Gasteiger partial charge in [0.2, 0.25) is 0 Å². The summed E-state index contributed by atoms with van der Waals surface area (Å²) >= 11 is 11.7. The molecule has 0 amide bonds. The number of sulfone groups is 1. The lowest BCUT2D eigenvalue weighted by Crippen LogP contribution is -2.31. The van der Waals surface area contributed by atoms with Crippen molar-refractivity contribution in [2.45, 2.75) is 16.1 Å². The highest BCUT2D eigenvalue weighted by Crippen LogP contribution is 2.63. The second-order valence-corrected chi connectivity index (χ2v) is 8.94. The molecule has 25 heavy (non-hydrogen) atoms. The number of hydrogen-bond acceptors (Lipinski definition) is 4. The molecule has 0 saturated heterocycles. The summed E-state index contributed by atoms with van der Waals surface area (Å²) in [6.07, 6.45) is 0. The Kier molecular flexibility index (Phi) is 4.58. The Balaban J connectivity index is 2.10. The van der Waals surface area contributed by atoms with Gasteiger partial charge in [-0.2, -0.15) is 0 Å². The van der Waals surface area contributed by atoms with Gasteiger partial charge in [-0.05, 0) is 42.0 Å². The van der Waals surface area contributed by atoms with Crippen molar-refractivity contribution in [2.24, 2.45) is 11.1 Å². The summed E-state index contributed by atoms with van der Waals surface area (Å²) in [5.74, 6) is -1.97. The standard InChI is InChI=1S/C17H15Cl2NO4S/c18-11-3-1-10(2-4-11)14-15(17(14,9-20)16(21)22)25(23,24)13-7-5-12(19)6-8-13/h1-8,14-15H,9,20H2,(H,21,22)/t14-,15-,17+/m1/s1. The SMILES string of the molecule is NC[C@]1(C(=O)O)[C@H](c2ccc(Cl)cc2)[C@H]1S(=O)(=O)c1ccc(Cl)cc1. The van der Waals surface area contributed by atoms with Crippen LogP contribution < -0.4 is 5.73 Å². The minimum Gasteiger partial charge on any atom is -0.481 e. The molecule has 132 valence electrons. The van der Waals surface area contributed by atoms with Gasteiger partial charge in [-0.1, -0.05) is 35.3 Å². The highest BCUT2D eigenvalue weighted by molar-refractivity contribution is 7.92. The predicted octanol–water partition coefficient (Wildman–Crippen LogP) is 2.96. The van der Waals surface area contributed by atoms with Crippen LogP contribution in [0.15, 0.2) is 53.4 Å². The van der Waals surface area contributed by atoms with Crippen LogP contribution in [-0.2, 0) is 14.6 Å². The molecule has 2 aromatic rings. The molecule has 5 nitrogen and oxygen atoms in total. The molecule has 1 aliphatic carbocycles. The number of halogens is 2. The van der Waals surface area contributed by atoms with Crippen LogP contribution in [-0.4, -0.2) is 31.3 Å². The fourth-order valence-electron chi connectivity index (χ4n) is 3.36. The molecule has 0 spiro atoms. The van der Waals surface area contributed by atoms with Crippen molar-refractivity contribution in [1.82, 2.24) is 0 Å². The largest absolute Gasteiger partial charge is 0.481 e. The van der Waals surface area contributed by atoms with Crippen LogP contribution >= 0.6 is 23.2 Å². The number of rotatable bonds is 5. The van der Waals surface area contributed by atoms with Gasteiger partial charge in [0.15, 0.2) is 9.84 Å². The molecular weight excluding hydrogens is 385 g/mol. The molecule has 0 unspecified atom stereocenters. The summed E-state index contributed by atoms with van der Waals surface area (Å²) < 4.78 is 26.1. The van der Waals surface area contributed by atoms with Crippen LogP contribution in [0.5, 0.6) is 0 Å². The Labute approximate surface area is 155 Å². The van der Waals surface area contributed by atoms with E-state index in [0.29, 0.717) is 15.6 Å². The zero-order valence-corrected chi connectivity index (χ0v) is 15.2. The molecule has 0 radical (unpaired) electrons. The van der Waals surface area contributed by atoms with Gasteiger partial charge in [0.25, 0.3) is 0 Å². The number of carboxylic acid groups (broad SMARTS) is 1. The number of nitrogens with two attached hydrogens (primary N) is 1. The zero-order chi connectivity index (χ0) is 18.4. The van der Waals surface area contributed by atoms with Crippen molar-refractivity contribution >= 4 is 39.0 Å². The molecule has 2 aromatic carbocycles. The van der Waals surface area contributed by atoms with E-state index in [1.165, 1.54) is 24.3 Å². The van der Waals surface area contributed by atoms with Gasteiger partial charge in [0.05, 0.1) is 10.1 Å². The van der Waals surface area contributed by atoms with Crippen LogP contribution in [0.2, 0.25) is 10.0 Å². The normalized spacial score (nSPS) is 25.6. The third-order valence-corrected chi connectivity index (χ3v) is 7.49. The van der Waals surface area contributed by atoms with E-state index in [2.05, 4.69) is 0 Å². The minimum atomic E-state index is -3.91. The first-order valence-electron chi connectivity index (χ1n) is 7.43. The molecule has 3 atom stereocenters. The van der Waals surface area contributed by atoms with Crippen LogP contribution in [0, 0.1) is 5.41 Å². The maximum Gasteiger partial charge on any atom is 0.312 e. The molecule has 8 heteroatoms. The highest BCUT2D eigenvalue weighted by atomic mass is 35.5. The summed E-state index contributed by atoms with van der Waals surface area (Å²) in [6.45, 7) is -0.285. The highest BCUT2D eigenvalue weighted by Gasteiger charge is 2.75. The van der Waals surface area contributed by atoms with Crippen LogP contribution in [0.4, 0.5) is 0 Å². The average molecular weight is 400 g/mol. The Bertz CT molecular complexity index is 913. The van der Waals surface area contributed by atoms with E-state index in [0.717, 1.165) is 0 Å². The summed E-state index contributed by atoms with van der Waals surface area (Å²) in [5.41, 5.74) is 4.74. The van der Waals surface area contributed by atoms with Crippen LogP contribution in [0.1, 0.15) is 11.5 Å². The van der Waals surface area contributed by atoms with E-state index in [-0.39, 0.29) is 11.4 Å². The Morgan fingerprint density at radius 1 is 1.04 bits per heavy atom. The van der Waals surface area contributed by atoms with Gasteiger partial charge in [0, 0.05) is 22.5 Å². The number of carboxylic acids is 1. The minimum absolute atomic E-state index is 0.0254. The monoisotopic (exact) mass is 399 g/mol. The number of hydrogen-bond donors (Lipinski definition) is 2. The molecule has 3 rings (SSSR count). The first-order chi connectivity index (χ1) is 11.7. The van der Waals surface area contributed by atoms with E-state index in [9.17, 15) is 18.3 Å². The Hall–Kier alpha value is -1.60. The fourth-order valence-corrected chi connectivity index (χ4v) is 6.00. The Morgan fingerprint density at radius 3 is 1.96 bits per heavy atom. The first kappa shape index (κ1) is 18.2. The number of benzene rings is 2. The number of carbonyl (C=O) groups is 1. The lowest BCUT2D eigenvalue weighted by Gasteiger charge is -2.10. The van der Waals surface area contributed by atoms with E-state index in [1.807, 2.05) is 0 Å². The van der Waals surface area contributed by atoms with Gasteiger partial charge in [0.1, 0.15) is 5.41 Å². The molecule has 0 aromatic heterocycles. The summed E-state index contributed by atoms with van der Waals surface area (Å²) in [7, 11) is -3.91. The van der Waals surface area contributed by atoms with Crippen molar-refractivity contribution in [3.8, 4) is 0 Å². The maximum atomic E-state index is 13.0. The van der Waals surface area contributed by atoms with Gasteiger partial charge < -0.3 is 10.8 Å². The lowest BCUT2D eigenvalue weighted by atomic mass is 9.99. The molecular formula is C17H15Cl2NO4S. The maximum absolute atomic E-state index is 13.0. The summed E-state index contributed by atoms with van der Waals surface area (Å²) in [5, 5.41) is 9.45. The van der Waals surface area contributed by atoms with Gasteiger partial charge in [-0.3, -0.25) is 4.79 Å². The molecule has 1 fully saturated rings. The van der Waals surface area contributed by atoms with Crippen LogP contribution in [0.3, 0.4) is 0 Å². The van der Waals surface area contributed by atoms with Gasteiger partial charge >= 0.3 is 5.97 Å². The quantitative estimate of drug-likeness (QED) is 0.804. The van der Waals surface area contributed by atoms with Gasteiger partial charge in [-0.15, -0.1) is 0 Å². The Morgan fingerprint density at radius 2 is 1.52 bits per heavy atom. The smallest absolute Gasteiger partial charge is 0.312 e. The zero-order valence-electron chi connectivity index (χ0n) is 12.9. The van der Waals surface area contributed by atoms with Crippen molar-refractivity contribution in [2.75, 3.05) is 6.54 Å². The van der Waals surface area contributed by atoms with Gasteiger partial charge in [-0.25, -0.2) is 8.42 Å². The van der Waals surface area contributed by atoms with Crippen molar-refractivity contribution < 1.29 is 18.3 Å². The molecule has 1 aliphatic rings. The second-order valence-electron chi connectivity index (χ2n) is 6.00. The summed E-state index contributed by atoms with van der Waals surface area (Å²) in [4.78, 5) is 11.9. The van der Waals surface area contributed by atoms with Crippen molar-refractivity contribution in [3.63, 3.8) is 0 Å². The molecule has 1 saturated carbocycles. The first-order valence-corrected chi connectivity index (χ1v) is 9.73. The van der Waals surface area contributed by atoms with E-state index >= 15 is 0 Å². The van der Waals surface area contributed by atoms with Crippen molar-refractivity contribution in [3.05, 3.63) is 64.1 Å². The summed E-state index contributed by atoms with van der Waals surface area (Å²) in [6, 6.07) is 12.1. The average Bonchev–Trinajstić information content (AvgIpc) is 3.27. The van der Waals surface area contributed by atoms with E-state index in [1.54, 1.807) is 24.3 Å². The predicted molar refractivity (Wildman–Crippen MR) is 95.7 cm³/mol. The van der Waals surface area contributed by atoms with E-state index in [4.69, 9.17) is 28.9 Å². The molecule has 0 bridgehead atoms. The fraction of sp³-hybridized carbons (Fsp3) is 0.235. The molecule has 0 aliphatic heterocycles. The molecule has 3 N–H and O–H groups in total. The number of aliphatic carboxylic acids is 1. The van der Waals surface area contributed by atoms with E-state index < -0.39 is 32.4 Å². The lowest BCUT2D eigenvalue weighted by molar-refractivity contribution is -0.143. The third-order valence-electron chi connectivity index (χ3n) is 4.70. The van der Waals surface area contributed by atoms with Crippen molar-refractivity contribution in [1.29, 1.82) is 0 Å². The second kappa shape index (κ2) is 6.29. The topological polar surface area (TPSA) is 97.5 Å². The molecule has 0 heterocycles. The van der Waals surface area contributed by atoms with Crippen LogP contribution in [0.25, 0.3) is 0 Å².